The van der Waals surface area contributed by atoms with E-state index in [4.69, 9.17) is 0 Å². The molecule has 1 heterocycles. The molecule has 0 unspecified atom stereocenters. The first-order valence-electron chi connectivity index (χ1n) is 7.04. The number of fused-ring (bicyclic) bond motifs is 2. The van der Waals surface area contributed by atoms with Crippen molar-refractivity contribution in [1.82, 2.24) is 0 Å². The van der Waals surface area contributed by atoms with E-state index in [1.54, 1.807) is 11.8 Å². The van der Waals surface area contributed by atoms with Crippen molar-refractivity contribution < 1.29 is 9.32 Å². The van der Waals surface area contributed by atoms with Crippen LogP contribution in [-0.4, -0.2) is 31.0 Å². The maximum absolute atomic E-state index is 12.3. The molecule has 2 bridgehead atoms. The van der Waals surface area contributed by atoms with Crippen LogP contribution >= 0.6 is 11.8 Å². The predicted molar refractivity (Wildman–Crippen MR) is 78.1 cm³/mol. The van der Waals surface area contributed by atoms with Gasteiger partial charge in [-0.05, 0) is 42.8 Å². The fourth-order valence-corrected chi connectivity index (χ4v) is 8.57. The van der Waals surface area contributed by atoms with Crippen molar-refractivity contribution >= 4 is 22.6 Å². The van der Waals surface area contributed by atoms with E-state index in [9.17, 15) is 9.32 Å². The van der Waals surface area contributed by atoms with Gasteiger partial charge >= 0.3 is 0 Å². The third kappa shape index (κ3) is 1.43. The number of thioether (sulfide) groups is 1. The summed E-state index contributed by atoms with van der Waals surface area (Å²) in [5.74, 6) is 2.44. The van der Waals surface area contributed by atoms with Crippen molar-refractivity contribution in [3.05, 3.63) is 0 Å². The van der Waals surface area contributed by atoms with E-state index in [1.165, 1.54) is 6.42 Å². The fourth-order valence-electron chi connectivity index (χ4n) is 4.62. The van der Waals surface area contributed by atoms with E-state index in [2.05, 4.69) is 20.8 Å². The number of rotatable bonds is 1. The molecule has 104 valence electrons. The Morgan fingerprint density at radius 3 is 2.56 bits per heavy atom. The van der Waals surface area contributed by atoms with Crippen LogP contribution in [-0.2, 0) is 10.8 Å². The van der Waals surface area contributed by atoms with Gasteiger partial charge in [-0.15, -0.1) is 11.8 Å². The molecule has 3 fully saturated rings. The van der Waals surface area contributed by atoms with E-state index in [-0.39, 0.29) is 15.4 Å². The molecule has 3 aliphatic rings. The molecular formula is C14H24O2S2. The van der Waals surface area contributed by atoms with E-state index >= 15 is 0 Å². The summed E-state index contributed by atoms with van der Waals surface area (Å²) in [5, 5.41) is 11.4. The van der Waals surface area contributed by atoms with Crippen LogP contribution in [0.4, 0.5) is 0 Å². The van der Waals surface area contributed by atoms with Gasteiger partial charge in [0.15, 0.2) is 0 Å². The lowest BCUT2D eigenvalue weighted by Crippen LogP contribution is -2.56. The normalized spacial score (nSPS) is 54.8. The average Bonchev–Trinajstić information content (AvgIpc) is 2.61. The van der Waals surface area contributed by atoms with Crippen molar-refractivity contribution in [3.8, 4) is 0 Å². The van der Waals surface area contributed by atoms with Crippen LogP contribution in [0.25, 0.3) is 0 Å². The molecule has 0 spiro atoms. The zero-order chi connectivity index (χ0) is 13.2. The van der Waals surface area contributed by atoms with Gasteiger partial charge in [0.1, 0.15) is 4.58 Å². The zero-order valence-electron chi connectivity index (χ0n) is 11.6. The minimum atomic E-state index is -0.855. The highest BCUT2D eigenvalue weighted by atomic mass is 32.2. The summed E-state index contributed by atoms with van der Waals surface area (Å²) in [4.78, 5) is 0. The predicted octanol–water partition coefficient (Wildman–Crippen LogP) is 2.78. The molecule has 0 amide bonds. The summed E-state index contributed by atoms with van der Waals surface area (Å²) in [6.07, 6.45) is 4.22. The van der Waals surface area contributed by atoms with Gasteiger partial charge in [-0.1, -0.05) is 20.8 Å². The molecule has 1 aliphatic heterocycles. The first-order chi connectivity index (χ1) is 8.33. The fraction of sp³-hybridized carbons (Fsp3) is 1.00. The summed E-state index contributed by atoms with van der Waals surface area (Å²) in [6, 6.07) is 0. The second kappa shape index (κ2) is 3.98. The summed E-state index contributed by atoms with van der Waals surface area (Å²) in [6.45, 7) is 6.85. The first-order valence-corrected chi connectivity index (χ1v) is 9.47. The third-order valence-corrected chi connectivity index (χ3v) is 10.2. The molecule has 3 rings (SSSR count). The van der Waals surface area contributed by atoms with Crippen LogP contribution in [0.15, 0.2) is 0 Å². The molecule has 1 N–H and O–H groups in total. The Kier molecular flexibility index (Phi) is 2.98. The molecule has 18 heavy (non-hydrogen) atoms. The SMILES string of the molecule is CC1(C)[C@H]2CC[C@]1(C)[C@](O)([C@H]1SCCC[S@]1=O)C2. The minimum Gasteiger partial charge on any atom is -0.387 e. The average molecular weight is 288 g/mol. The Balaban J connectivity index is 1.99. The smallest absolute Gasteiger partial charge is 0.109 e. The molecule has 4 heteroatoms. The molecular weight excluding hydrogens is 264 g/mol. The van der Waals surface area contributed by atoms with E-state index < -0.39 is 16.4 Å². The van der Waals surface area contributed by atoms with Gasteiger partial charge in [-0.3, -0.25) is 4.21 Å². The van der Waals surface area contributed by atoms with E-state index in [1.807, 2.05) is 0 Å². The summed E-state index contributed by atoms with van der Waals surface area (Å²) in [5.41, 5.74) is -0.589. The second-order valence-corrected chi connectivity index (χ2v) is 10.2. The Hall–Kier alpha value is 0.460. The monoisotopic (exact) mass is 288 g/mol. The van der Waals surface area contributed by atoms with Gasteiger partial charge in [0.05, 0.1) is 5.60 Å². The van der Waals surface area contributed by atoms with Gasteiger partial charge in [-0.25, -0.2) is 0 Å². The van der Waals surface area contributed by atoms with Crippen molar-refractivity contribution in [2.24, 2.45) is 16.7 Å². The highest BCUT2D eigenvalue weighted by molar-refractivity contribution is 8.12. The zero-order valence-corrected chi connectivity index (χ0v) is 13.2. The van der Waals surface area contributed by atoms with Crippen LogP contribution < -0.4 is 0 Å². The molecule has 2 aliphatic carbocycles. The Labute approximate surface area is 117 Å². The van der Waals surface area contributed by atoms with E-state index in [0.29, 0.717) is 5.92 Å². The van der Waals surface area contributed by atoms with Crippen LogP contribution in [0.3, 0.4) is 0 Å². The molecule has 2 saturated carbocycles. The summed E-state index contributed by atoms with van der Waals surface area (Å²) in [7, 11) is -0.855. The lowest BCUT2D eigenvalue weighted by atomic mass is 9.65. The second-order valence-electron chi connectivity index (χ2n) is 7.06. The molecule has 0 radical (unpaired) electrons. The highest BCUT2D eigenvalue weighted by Crippen LogP contribution is 2.71. The lowest BCUT2D eigenvalue weighted by molar-refractivity contribution is -0.0771. The molecule has 0 aromatic heterocycles. The largest absolute Gasteiger partial charge is 0.387 e. The van der Waals surface area contributed by atoms with Crippen molar-refractivity contribution in [3.63, 3.8) is 0 Å². The lowest BCUT2D eigenvalue weighted by Gasteiger charge is -2.49. The van der Waals surface area contributed by atoms with Crippen LogP contribution in [0.5, 0.6) is 0 Å². The standard InChI is InChI=1S/C14H24O2S2/c1-12(2)10-5-6-13(12,3)14(15,9-10)11-17-7-4-8-18(11)16/h10-11,15H,4-9H2,1-3H3/t10-,11-,13-,14+,18+/m0/s1. The highest BCUT2D eigenvalue weighted by Gasteiger charge is 2.71. The Morgan fingerprint density at radius 2 is 2.06 bits per heavy atom. The topological polar surface area (TPSA) is 37.3 Å². The molecule has 0 aromatic carbocycles. The quantitative estimate of drug-likeness (QED) is 0.806. The Morgan fingerprint density at radius 1 is 1.33 bits per heavy atom. The van der Waals surface area contributed by atoms with Crippen molar-refractivity contribution in [1.29, 1.82) is 0 Å². The number of aliphatic hydroxyl groups is 1. The first kappa shape index (κ1) is 13.4. The maximum atomic E-state index is 12.3. The van der Waals surface area contributed by atoms with Gasteiger partial charge in [-0.2, -0.15) is 0 Å². The molecule has 2 nitrogen and oxygen atoms in total. The van der Waals surface area contributed by atoms with Crippen molar-refractivity contribution in [2.45, 2.75) is 56.6 Å². The third-order valence-electron chi connectivity index (χ3n) is 6.34. The van der Waals surface area contributed by atoms with Crippen LogP contribution in [0.1, 0.15) is 46.5 Å². The van der Waals surface area contributed by atoms with Gasteiger partial charge in [0, 0.05) is 22.0 Å². The van der Waals surface area contributed by atoms with Crippen molar-refractivity contribution in [2.75, 3.05) is 11.5 Å². The summed E-state index contributed by atoms with van der Waals surface area (Å²) < 4.78 is 12.3. The Bertz CT molecular complexity index is 395. The summed E-state index contributed by atoms with van der Waals surface area (Å²) >= 11 is 1.76. The maximum Gasteiger partial charge on any atom is 0.109 e. The molecule has 1 saturated heterocycles. The number of hydrogen-bond donors (Lipinski definition) is 1. The molecule has 5 atom stereocenters. The molecule has 0 aromatic rings. The van der Waals surface area contributed by atoms with Gasteiger partial charge < -0.3 is 5.11 Å². The van der Waals surface area contributed by atoms with Gasteiger partial charge in [0.2, 0.25) is 0 Å². The van der Waals surface area contributed by atoms with Crippen LogP contribution in [0.2, 0.25) is 0 Å². The minimum absolute atomic E-state index is 0.0548. The van der Waals surface area contributed by atoms with Gasteiger partial charge in [0.25, 0.3) is 0 Å². The number of hydrogen-bond acceptors (Lipinski definition) is 3. The van der Waals surface area contributed by atoms with Crippen LogP contribution in [0, 0.1) is 16.7 Å². The van der Waals surface area contributed by atoms with E-state index in [0.717, 1.165) is 30.8 Å².